The number of hydrogen-bond acceptors (Lipinski definition) is 3. The first kappa shape index (κ1) is 23.3. The largest absolute Gasteiger partial charge is 0.361 e. The molecule has 4 aromatic rings. The number of carbonyl (C=O) groups is 1. The summed E-state index contributed by atoms with van der Waals surface area (Å²) >= 11 is 0. The zero-order valence-corrected chi connectivity index (χ0v) is 20.4. The van der Waals surface area contributed by atoms with Crippen LogP contribution in [0.15, 0.2) is 91.1 Å². The number of fused-ring (bicyclic) bond motifs is 1. The van der Waals surface area contributed by atoms with E-state index in [1.54, 1.807) is 0 Å². The maximum absolute atomic E-state index is 13.8. The lowest BCUT2D eigenvalue weighted by atomic mass is 9.97. The van der Waals surface area contributed by atoms with Gasteiger partial charge in [0, 0.05) is 43.3 Å². The van der Waals surface area contributed by atoms with Crippen molar-refractivity contribution in [1.29, 1.82) is 0 Å². The normalized spacial score (nSPS) is 17.3. The molecule has 2 atom stereocenters. The van der Waals surface area contributed by atoms with E-state index < -0.39 is 0 Å². The van der Waals surface area contributed by atoms with Crippen LogP contribution < -0.4 is 5.32 Å². The predicted molar refractivity (Wildman–Crippen MR) is 142 cm³/mol. The minimum Gasteiger partial charge on any atom is -0.361 e. The van der Waals surface area contributed by atoms with Crippen LogP contribution in [0.5, 0.6) is 0 Å². The van der Waals surface area contributed by atoms with E-state index >= 15 is 0 Å². The van der Waals surface area contributed by atoms with Gasteiger partial charge in [-0.1, -0.05) is 78.9 Å². The highest BCUT2D eigenvalue weighted by molar-refractivity contribution is 5.87. The van der Waals surface area contributed by atoms with Crippen LogP contribution in [-0.4, -0.2) is 53.4 Å². The molecule has 5 nitrogen and oxygen atoms in total. The van der Waals surface area contributed by atoms with Crippen molar-refractivity contribution in [2.24, 2.45) is 0 Å². The van der Waals surface area contributed by atoms with E-state index in [2.05, 4.69) is 99.9 Å². The molecule has 1 amide bonds. The molecule has 0 spiro atoms. The molecular weight excluding hydrogens is 432 g/mol. The number of piperazine rings is 1. The van der Waals surface area contributed by atoms with E-state index in [0.717, 1.165) is 38.1 Å². The first-order chi connectivity index (χ1) is 17.2. The Hall–Kier alpha value is -3.41. The molecular formula is C30H34N4O. The van der Waals surface area contributed by atoms with Gasteiger partial charge < -0.3 is 20.1 Å². The van der Waals surface area contributed by atoms with Gasteiger partial charge in [0.2, 0.25) is 5.91 Å². The summed E-state index contributed by atoms with van der Waals surface area (Å²) in [6.07, 6.45) is 3.64. The SMILES string of the molecule is CN(CC[C@H](c1ccccc1)N1CCNC(Cc2c[nH]c3ccccc23)C1=O)Cc1ccccc1. The van der Waals surface area contributed by atoms with Gasteiger partial charge >= 0.3 is 0 Å². The average Bonchev–Trinajstić information content (AvgIpc) is 3.30. The first-order valence-electron chi connectivity index (χ1n) is 12.6. The maximum Gasteiger partial charge on any atom is 0.240 e. The van der Waals surface area contributed by atoms with Crippen LogP contribution in [0.25, 0.3) is 10.9 Å². The second-order valence-corrected chi connectivity index (χ2v) is 9.54. The molecule has 35 heavy (non-hydrogen) atoms. The van der Waals surface area contributed by atoms with Gasteiger partial charge in [-0.05, 0) is 42.6 Å². The average molecular weight is 467 g/mol. The minimum absolute atomic E-state index is 0.0643. The monoisotopic (exact) mass is 466 g/mol. The molecule has 1 aliphatic heterocycles. The molecule has 0 bridgehead atoms. The summed E-state index contributed by atoms with van der Waals surface area (Å²) in [4.78, 5) is 21.6. The number of benzene rings is 3. The molecule has 0 radical (unpaired) electrons. The van der Waals surface area contributed by atoms with Crippen LogP contribution in [0, 0.1) is 0 Å². The zero-order valence-electron chi connectivity index (χ0n) is 20.4. The van der Waals surface area contributed by atoms with Crippen molar-refractivity contribution in [3.63, 3.8) is 0 Å². The number of H-pyrrole nitrogens is 1. The number of carbonyl (C=O) groups excluding carboxylic acids is 1. The molecule has 180 valence electrons. The third-order valence-corrected chi connectivity index (χ3v) is 7.06. The molecule has 3 aromatic carbocycles. The molecule has 5 rings (SSSR count). The number of para-hydroxylation sites is 1. The predicted octanol–water partition coefficient (Wildman–Crippen LogP) is 4.77. The Morgan fingerprint density at radius 3 is 2.49 bits per heavy atom. The molecule has 2 heterocycles. The smallest absolute Gasteiger partial charge is 0.240 e. The molecule has 1 saturated heterocycles. The quantitative estimate of drug-likeness (QED) is 0.373. The zero-order chi connectivity index (χ0) is 24.0. The number of hydrogen-bond donors (Lipinski definition) is 2. The van der Waals surface area contributed by atoms with Crippen molar-refractivity contribution >= 4 is 16.8 Å². The molecule has 1 unspecified atom stereocenters. The lowest BCUT2D eigenvalue weighted by molar-refractivity contribution is -0.138. The number of nitrogens with zero attached hydrogens (tertiary/aromatic N) is 2. The fraction of sp³-hybridized carbons (Fsp3) is 0.300. The Bertz CT molecular complexity index is 1240. The second kappa shape index (κ2) is 10.9. The highest BCUT2D eigenvalue weighted by Gasteiger charge is 2.34. The topological polar surface area (TPSA) is 51.4 Å². The van der Waals surface area contributed by atoms with Crippen molar-refractivity contribution in [3.8, 4) is 0 Å². The summed E-state index contributed by atoms with van der Waals surface area (Å²) in [5.41, 5.74) is 4.82. The highest BCUT2D eigenvalue weighted by atomic mass is 16.2. The third kappa shape index (κ3) is 5.47. The van der Waals surface area contributed by atoms with Crippen LogP contribution in [0.1, 0.15) is 29.2 Å². The van der Waals surface area contributed by atoms with E-state index in [9.17, 15) is 4.79 Å². The van der Waals surface area contributed by atoms with Gasteiger partial charge in [-0.25, -0.2) is 0 Å². The Labute approximate surface area is 207 Å². The standard InChI is InChI=1S/C30H34N4O/c1-33(22-23-10-4-2-5-11-23)18-16-29(24-12-6-3-7-13-24)34-19-17-31-28(30(34)35)20-25-21-32-27-15-9-8-14-26(25)27/h2-15,21,28-29,31-32H,16-20,22H2,1H3/t28?,29-/m1/s1. The lowest BCUT2D eigenvalue weighted by Gasteiger charge is -2.39. The van der Waals surface area contributed by atoms with Crippen molar-refractivity contribution in [2.75, 3.05) is 26.7 Å². The third-order valence-electron chi connectivity index (χ3n) is 7.06. The lowest BCUT2D eigenvalue weighted by Crippen LogP contribution is -2.56. The summed E-state index contributed by atoms with van der Waals surface area (Å²) in [5.74, 6) is 0.195. The molecule has 1 aromatic heterocycles. The number of nitrogens with one attached hydrogen (secondary N) is 2. The molecule has 1 fully saturated rings. The molecule has 1 aliphatic rings. The Morgan fingerprint density at radius 2 is 1.69 bits per heavy atom. The van der Waals surface area contributed by atoms with Crippen LogP contribution in [0.3, 0.4) is 0 Å². The van der Waals surface area contributed by atoms with Gasteiger partial charge in [0.05, 0.1) is 12.1 Å². The molecule has 0 aliphatic carbocycles. The number of amides is 1. The summed E-state index contributed by atoms with van der Waals surface area (Å²) in [6, 6.07) is 29.2. The Morgan fingerprint density at radius 1 is 0.971 bits per heavy atom. The van der Waals surface area contributed by atoms with Gasteiger partial charge in [-0.3, -0.25) is 4.79 Å². The van der Waals surface area contributed by atoms with Crippen LogP contribution in [-0.2, 0) is 17.8 Å². The van der Waals surface area contributed by atoms with Crippen molar-refractivity contribution in [3.05, 3.63) is 108 Å². The maximum atomic E-state index is 13.8. The first-order valence-corrected chi connectivity index (χ1v) is 12.6. The van der Waals surface area contributed by atoms with E-state index in [-0.39, 0.29) is 18.0 Å². The van der Waals surface area contributed by atoms with Gasteiger partial charge in [0.15, 0.2) is 0 Å². The molecule has 0 saturated carbocycles. The van der Waals surface area contributed by atoms with E-state index in [1.165, 1.54) is 22.1 Å². The fourth-order valence-corrected chi connectivity index (χ4v) is 5.24. The van der Waals surface area contributed by atoms with Gasteiger partial charge in [-0.15, -0.1) is 0 Å². The van der Waals surface area contributed by atoms with Crippen molar-refractivity contribution in [1.82, 2.24) is 20.1 Å². The number of rotatable bonds is 9. The summed E-state index contributed by atoms with van der Waals surface area (Å²) in [5, 5.41) is 4.69. The molecule has 2 N–H and O–H groups in total. The van der Waals surface area contributed by atoms with Gasteiger partial charge in [0.1, 0.15) is 0 Å². The summed E-state index contributed by atoms with van der Waals surface area (Å²) in [6.45, 7) is 3.35. The fourth-order valence-electron chi connectivity index (χ4n) is 5.24. The van der Waals surface area contributed by atoms with Crippen LogP contribution in [0.2, 0.25) is 0 Å². The van der Waals surface area contributed by atoms with Crippen molar-refractivity contribution in [2.45, 2.75) is 31.5 Å². The minimum atomic E-state index is -0.212. The van der Waals surface area contributed by atoms with E-state index in [0.29, 0.717) is 6.42 Å². The molecule has 5 heteroatoms. The van der Waals surface area contributed by atoms with Crippen LogP contribution in [0.4, 0.5) is 0 Å². The Balaban J connectivity index is 1.31. The number of aromatic nitrogens is 1. The summed E-state index contributed by atoms with van der Waals surface area (Å²) < 4.78 is 0. The summed E-state index contributed by atoms with van der Waals surface area (Å²) in [7, 11) is 2.16. The van der Waals surface area contributed by atoms with E-state index in [4.69, 9.17) is 0 Å². The Kier molecular flexibility index (Phi) is 7.26. The van der Waals surface area contributed by atoms with E-state index in [1.807, 2.05) is 18.3 Å². The second-order valence-electron chi connectivity index (χ2n) is 9.54. The van der Waals surface area contributed by atoms with Gasteiger partial charge in [0.25, 0.3) is 0 Å². The highest BCUT2D eigenvalue weighted by Crippen LogP contribution is 2.28. The van der Waals surface area contributed by atoms with Crippen molar-refractivity contribution < 1.29 is 4.79 Å². The number of aromatic amines is 1. The van der Waals surface area contributed by atoms with Gasteiger partial charge in [-0.2, -0.15) is 0 Å². The van der Waals surface area contributed by atoms with Crippen LogP contribution >= 0.6 is 0 Å².